The molecule has 0 saturated carbocycles. The fourth-order valence-corrected chi connectivity index (χ4v) is 6.78. The summed E-state index contributed by atoms with van der Waals surface area (Å²) in [5, 5.41) is 10.5. The summed E-state index contributed by atoms with van der Waals surface area (Å²) < 4.78 is 89.9. The van der Waals surface area contributed by atoms with E-state index >= 15 is 4.39 Å². The lowest BCUT2D eigenvalue weighted by molar-refractivity contribution is -0.113. The zero-order valence-corrected chi connectivity index (χ0v) is 24.5. The number of nitrogens with two attached hydrogens (primary N) is 1. The number of methoxy groups -OCH3 is 1. The Morgan fingerprint density at radius 2 is 1.80 bits per heavy atom. The van der Waals surface area contributed by atoms with E-state index in [1.165, 1.54) is 0 Å². The number of hydrogen-bond donors (Lipinski definition) is 5. The molecule has 4 aromatic rings. The SMILES string of the molecule is CO[C@@H]1COP(=O)(O)O[C@H]2[C@@H](F)[C@H](n3cnc4c(N)ncnc43)O[C@@H]2COP(=O)(O)O[C@@H](n2cc(F)c3c(=O)[nH]cnc32)[C@@H]1O. The smallest absolute Gasteiger partial charge is 0.386 e. The molecule has 0 aromatic carbocycles. The van der Waals surface area contributed by atoms with Crippen molar-refractivity contribution in [1.82, 2.24) is 34.1 Å². The normalized spacial score (nSPS) is 35.1. The Bertz CT molecular complexity index is 1890. The van der Waals surface area contributed by atoms with Gasteiger partial charge in [0.15, 0.2) is 41.6 Å². The van der Waals surface area contributed by atoms with Gasteiger partial charge in [-0.25, -0.2) is 37.8 Å². The number of nitrogen functional groups attached to an aromatic ring is 1. The number of aliphatic hydroxyl groups is 1. The Balaban J connectivity index is 1.37. The average Bonchev–Trinajstić information content (AvgIpc) is 3.65. The molecule has 0 amide bonds. The van der Waals surface area contributed by atoms with Gasteiger partial charge in [0.1, 0.15) is 41.6 Å². The quantitative estimate of drug-likeness (QED) is 0.179. The number of phosphoric ester groups is 2. The van der Waals surface area contributed by atoms with E-state index in [1.807, 2.05) is 0 Å². The van der Waals surface area contributed by atoms with Gasteiger partial charge in [-0.3, -0.25) is 32.0 Å². The molecule has 2 aliphatic heterocycles. The molecule has 20 nitrogen and oxygen atoms in total. The molecule has 45 heavy (non-hydrogen) atoms. The third kappa shape index (κ3) is 5.90. The third-order valence-corrected chi connectivity index (χ3v) is 8.99. The largest absolute Gasteiger partial charge is 0.474 e. The van der Waals surface area contributed by atoms with Crippen molar-refractivity contribution in [2.45, 2.75) is 43.0 Å². The van der Waals surface area contributed by atoms with Gasteiger partial charge in [0.05, 0.1) is 25.9 Å². The highest BCUT2D eigenvalue weighted by Crippen LogP contribution is 2.53. The zero-order chi connectivity index (χ0) is 32.3. The number of hydrogen-bond acceptors (Lipinski definition) is 15. The van der Waals surface area contributed by atoms with Gasteiger partial charge in [0.25, 0.3) is 5.56 Å². The zero-order valence-electron chi connectivity index (χ0n) is 22.7. The number of nitrogens with one attached hydrogen (secondary N) is 1. The number of aromatic nitrogens is 7. The maximum atomic E-state index is 15.9. The molecule has 24 heteroatoms. The van der Waals surface area contributed by atoms with Gasteiger partial charge in [0.2, 0.25) is 0 Å². The monoisotopic (exact) mass is 680 g/mol. The minimum atomic E-state index is -5.31. The van der Waals surface area contributed by atoms with Crippen molar-refractivity contribution < 1.29 is 60.4 Å². The summed E-state index contributed by atoms with van der Waals surface area (Å²) in [6.07, 6.45) is -9.54. The molecule has 4 aromatic heterocycles. The summed E-state index contributed by atoms with van der Waals surface area (Å²) >= 11 is 0. The third-order valence-electron chi connectivity index (χ3n) is 7.05. The molecular formula is C21H24F2N8O12P2. The van der Waals surface area contributed by atoms with Gasteiger partial charge in [-0.1, -0.05) is 0 Å². The summed E-state index contributed by atoms with van der Waals surface area (Å²) in [5.74, 6) is -1.16. The van der Waals surface area contributed by atoms with Gasteiger partial charge >= 0.3 is 15.6 Å². The van der Waals surface area contributed by atoms with E-state index in [9.17, 15) is 33.2 Å². The number of halogens is 2. The lowest BCUT2D eigenvalue weighted by Crippen LogP contribution is -2.40. The van der Waals surface area contributed by atoms with E-state index in [0.717, 1.165) is 35.2 Å². The average molecular weight is 680 g/mol. The van der Waals surface area contributed by atoms with Crippen molar-refractivity contribution in [3.05, 3.63) is 41.3 Å². The summed E-state index contributed by atoms with van der Waals surface area (Å²) in [4.78, 5) is 51.2. The Labute approximate surface area is 248 Å². The molecule has 0 aliphatic carbocycles. The first-order valence-electron chi connectivity index (χ1n) is 12.8. The Morgan fingerprint density at radius 1 is 1.07 bits per heavy atom. The first-order valence-corrected chi connectivity index (χ1v) is 15.8. The number of aromatic amines is 1. The van der Waals surface area contributed by atoms with Gasteiger partial charge in [-0.15, -0.1) is 0 Å². The van der Waals surface area contributed by atoms with E-state index in [1.54, 1.807) is 0 Å². The predicted octanol–water partition coefficient (Wildman–Crippen LogP) is 0.0452. The first kappa shape index (κ1) is 31.7. The Hall–Kier alpha value is -3.27. The summed E-state index contributed by atoms with van der Waals surface area (Å²) in [6, 6.07) is 0. The summed E-state index contributed by atoms with van der Waals surface area (Å²) in [6.45, 7) is -1.94. The Kier molecular flexibility index (Phi) is 8.33. The lowest BCUT2D eigenvalue weighted by atomic mass is 10.1. The molecule has 0 spiro atoms. The van der Waals surface area contributed by atoms with Crippen molar-refractivity contribution in [3.63, 3.8) is 0 Å². The van der Waals surface area contributed by atoms with Crippen molar-refractivity contribution in [1.29, 1.82) is 0 Å². The number of nitrogens with zero attached hydrogens (tertiary/aromatic N) is 6. The van der Waals surface area contributed by atoms with Crippen LogP contribution >= 0.6 is 15.6 Å². The summed E-state index contributed by atoms with van der Waals surface area (Å²) in [5.41, 5.74) is 4.58. The fraction of sp³-hybridized carbons (Fsp3) is 0.476. The number of fused-ring (bicyclic) bond motifs is 3. The lowest BCUT2D eigenvalue weighted by Gasteiger charge is -2.30. The number of aliphatic hydroxyl groups excluding tert-OH is 1. The number of rotatable bonds is 3. The second-order valence-electron chi connectivity index (χ2n) is 9.77. The van der Waals surface area contributed by atoms with Gasteiger partial charge in [-0.05, 0) is 0 Å². The van der Waals surface area contributed by atoms with Crippen molar-refractivity contribution in [2.24, 2.45) is 0 Å². The van der Waals surface area contributed by atoms with Crippen molar-refractivity contribution in [3.8, 4) is 0 Å². The summed E-state index contributed by atoms with van der Waals surface area (Å²) in [7, 11) is -9.47. The molecule has 6 heterocycles. The molecule has 6 rings (SSSR count). The predicted molar refractivity (Wildman–Crippen MR) is 142 cm³/mol. The first-order chi connectivity index (χ1) is 21.3. The van der Waals surface area contributed by atoms with Gasteiger partial charge in [0, 0.05) is 13.3 Å². The maximum absolute atomic E-state index is 15.9. The van der Waals surface area contributed by atoms with E-state index in [4.69, 9.17) is 33.3 Å². The van der Waals surface area contributed by atoms with E-state index in [-0.39, 0.29) is 17.0 Å². The van der Waals surface area contributed by atoms with Crippen LogP contribution in [0, 0.1) is 5.82 Å². The van der Waals surface area contributed by atoms with Crippen LogP contribution in [0.5, 0.6) is 0 Å². The minimum absolute atomic E-state index is 0.0273. The molecule has 9 atom stereocenters. The number of imidazole rings is 1. The maximum Gasteiger partial charge on any atom is 0.474 e. The highest BCUT2D eigenvalue weighted by molar-refractivity contribution is 7.47. The molecule has 244 valence electrons. The van der Waals surface area contributed by atoms with Crippen molar-refractivity contribution >= 4 is 43.7 Å². The minimum Gasteiger partial charge on any atom is -0.386 e. The fourth-order valence-electron chi connectivity index (χ4n) is 4.93. The van der Waals surface area contributed by atoms with E-state index < -0.39 is 94.3 Å². The van der Waals surface area contributed by atoms with Crippen LogP contribution in [0.3, 0.4) is 0 Å². The van der Waals surface area contributed by atoms with Gasteiger partial charge < -0.3 is 35.1 Å². The van der Waals surface area contributed by atoms with Gasteiger partial charge in [-0.2, -0.15) is 0 Å². The van der Waals surface area contributed by atoms with E-state index in [2.05, 4.69) is 24.9 Å². The second-order valence-corrected chi connectivity index (χ2v) is 12.6. The topological polar surface area (TPSA) is 271 Å². The molecule has 0 bridgehead atoms. The molecule has 2 fully saturated rings. The number of anilines is 1. The van der Waals surface area contributed by atoms with Crippen LogP contribution in [0.4, 0.5) is 14.6 Å². The van der Waals surface area contributed by atoms with Crippen LogP contribution in [0.25, 0.3) is 22.2 Å². The Morgan fingerprint density at radius 3 is 2.56 bits per heavy atom. The highest BCUT2D eigenvalue weighted by atomic mass is 31.2. The molecule has 2 saturated heterocycles. The number of phosphoric acid groups is 2. The van der Waals surface area contributed by atoms with E-state index in [0.29, 0.717) is 6.20 Å². The molecule has 0 radical (unpaired) electrons. The molecule has 2 unspecified atom stereocenters. The van der Waals surface area contributed by atoms with Crippen LogP contribution < -0.4 is 11.3 Å². The molecular weight excluding hydrogens is 656 g/mol. The second kappa shape index (κ2) is 11.8. The van der Waals surface area contributed by atoms with Crippen LogP contribution in [0.1, 0.15) is 12.5 Å². The number of alkyl halides is 1. The highest BCUT2D eigenvalue weighted by Gasteiger charge is 2.52. The molecule has 6 N–H and O–H groups in total. The molecule has 2 aliphatic rings. The number of ether oxygens (including phenoxy) is 2. The van der Waals surface area contributed by atoms with Crippen LogP contribution in [-0.2, 0) is 36.7 Å². The number of H-pyrrole nitrogens is 1. The van der Waals surface area contributed by atoms with Crippen LogP contribution in [0.2, 0.25) is 0 Å². The van der Waals surface area contributed by atoms with Crippen molar-refractivity contribution in [2.75, 3.05) is 26.1 Å². The van der Waals surface area contributed by atoms with Crippen LogP contribution in [0.15, 0.2) is 30.0 Å². The van der Waals surface area contributed by atoms with Crippen LogP contribution in [-0.4, -0.2) is 99.9 Å². The standard InChI is InChI=1S/C21H24F2N8O12P2/c1-38-9-3-39-44(34,35)42-15-10(41-20(12(15)23)31-7-29-13-16(24)25-5-27-18(13)31)4-40-45(36,37)43-21(14(9)32)30-2-8(22)11-17(30)26-6-28-19(11)33/h2,5-7,9-10,12,14-15,20-21,32H,3-4H2,1H3,(H,34,35)(H,36,37)(H2,24,25,27)(H,26,28,33)/t9-,10-,12-,14-,15-,20-,21-/m1/s1.